The minimum atomic E-state index is -1.05. The third kappa shape index (κ3) is 4.09. The Balaban J connectivity index is 2.05. The first kappa shape index (κ1) is 25.7. The quantitative estimate of drug-likeness (QED) is 0.270. The van der Waals surface area contributed by atoms with Crippen molar-refractivity contribution >= 4 is 17.8 Å². The van der Waals surface area contributed by atoms with E-state index in [1.54, 1.807) is 22.8 Å². The van der Waals surface area contributed by atoms with Crippen LogP contribution in [-0.4, -0.2) is 82.8 Å². The van der Waals surface area contributed by atoms with Crippen molar-refractivity contribution in [2.24, 2.45) is 17.8 Å². The highest BCUT2D eigenvalue weighted by molar-refractivity contribution is 5.98. The van der Waals surface area contributed by atoms with Crippen molar-refractivity contribution in [3.63, 3.8) is 0 Å². The molecule has 0 aliphatic carbocycles. The monoisotopic (exact) mass is 464 g/mol. The van der Waals surface area contributed by atoms with E-state index in [0.29, 0.717) is 38.9 Å². The van der Waals surface area contributed by atoms with Crippen LogP contribution in [0.1, 0.15) is 59.8 Å². The molecule has 186 valence electrons. The molecule has 3 aliphatic heterocycles. The summed E-state index contributed by atoms with van der Waals surface area (Å²) in [6, 6.07) is -0.797. The highest BCUT2D eigenvalue weighted by atomic mass is 16.6. The van der Waals surface area contributed by atoms with Crippen LogP contribution in [0.25, 0.3) is 0 Å². The third-order valence-electron chi connectivity index (χ3n) is 7.84. The van der Waals surface area contributed by atoms with Gasteiger partial charge in [0.2, 0.25) is 11.8 Å². The zero-order valence-corrected chi connectivity index (χ0v) is 20.5. The van der Waals surface area contributed by atoms with Crippen LogP contribution >= 0.6 is 0 Å². The van der Waals surface area contributed by atoms with E-state index in [1.165, 1.54) is 0 Å². The molecule has 3 rings (SSSR count). The second-order valence-electron chi connectivity index (χ2n) is 9.84. The van der Waals surface area contributed by atoms with Gasteiger partial charge < -0.3 is 24.4 Å². The van der Waals surface area contributed by atoms with Crippen LogP contribution < -0.4 is 0 Å². The number of hydrogen-bond acceptors (Lipinski definition) is 6. The number of carbonyl (C=O) groups is 3. The number of fused-ring (bicyclic) bond motifs is 1. The van der Waals surface area contributed by atoms with Gasteiger partial charge in [-0.15, -0.1) is 6.58 Å². The summed E-state index contributed by atoms with van der Waals surface area (Å²) in [4.78, 5) is 44.3. The Morgan fingerprint density at radius 3 is 2.67 bits per heavy atom. The minimum Gasteiger partial charge on any atom is -0.466 e. The van der Waals surface area contributed by atoms with Crippen molar-refractivity contribution in [3.8, 4) is 0 Å². The number of rotatable bonds is 12. The number of aliphatic hydroxyl groups excluding tert-OH is 1. The van der Waals surface area contributed by atoms with Crippen molar-refractivity contribution in [2.45, 2.75) is 77.0 Å². The highest BCUT2D eigenvalue weighted by Crippen LogP contribution is 2.65. The van der Waals surface area contributed by atoms with E-state index in [0.717, 1.165) is 12.8 Å². The van der Waals surface area contributed by atoms with Gasteiger partial charge >= 0.3 is 5.97 Å². The molecule has 2 bridgehead atoms. The number of aliphatic hydroxyl groups is 1. The summed E-state index contributed by atoms with van der Waals surface area (Å²) in [6.07, 6.45) is 5.13. The molecule has 1 N–H and O–H groups in total. The molecule has 0 radical (unpaired) electrons. The van der Waals surface area contributed by atoms with E-state index in [2.05, 4.69) is 13.5 Å². The molecule has 8 nitrogen and oxygen atoms in total. The zero-order valence-electron chi connectivity index (χ0n) is 20.5. The van der Waals surface area contributed by atoms with Crippen molar-refractivity contribution in [1.29, 1.82) is 0 Å². The lowest BCUT2D eigenvalue weighted by atomic mass is 9.62. The summed E-state index contributed by atoms with van der Waals surface area (Å²) in [5, 5.41) is 9.27. The summed E-state index contributed by atoms with van der Waals surface area (Å²) < 4.78 is 12.0. The fraction of sp³-hybridized carbons (Fsp3) is 0.800. The minimum absolute atomic E-state index is 0.00727. The second kappa shape index (κ2) is 10.1. The van der Waals surface area contributed by atoms with Gasteiger partial charge in [-0.25, -0.2) is 0 Å². The maximum absolute atomic E-state index is 14.0. The predicted molar refractivity (Wildman–Crippen MR) is 123 cm³/mol. The lowest BCUT2D eigenvalue weighted by molar-refractivity contribution is -0.161. The average Bonchev–Trinajstić information content (AvgIpc) is 3.28. The van der Waals surface area contributed by atoms with E-state index in [-0.39, 0.29) is 30.9 Å². The Hall–Kier alpha value is -1.93. The van der Waals surface area contributed by atoms with Crippen LogP contribution in [0.3, 0.4) is 0 Å². The fourth-order valence-electron chi connectivity index (χ4n) is 6.21. The number of amides is 2. The zero-order chi connectivity index (χ0) is 24.4. The van der Waals surface area contributed by atoms with Crippen LogP contribution in [0.4, 0.5) is 0 Å². The Bertz CT molecular complexity index is 772. The fourth-order valence-corrected chi connectivity index (χ4v) is 6.21. The standard InChI is InChI=1S/C25H40N2O6/c1-6-9-13-26(12-7-2)22(30)20-25-16-17(4)24(5,33-25)19(23(31)32-8-3)18(25)21(29)27(20)14-10-11-15-28/h7,17-20,28H,2,6,8-16H2,1,3-5H3/t17?,18-,19-,20?,24+,25?/m0/s1. The molecule has 3 fully saturated rings. The molecule has 3 aliphatic rings. The Labute approximate surface area is 197 Å². The van der Waals surface area contributed by atoms with Gasteiger partial charge in [0.1, 0.15) is 17.6 Å². The molecular formula is C25H40N2O6. The Morgan fingerprint density at radius 2 is 2.06 bits per heavy atom. The van der Waals surface area contributed by atoms with Gasteiger partial charge in [0, 0.05) is 26.2 Å². The number of likely N-dealkylation sites (tertiary alicyclic amines) is 1. The van der Waals surface area contributed by atoms with Crippen LogP contribution in [0.2, 0.25) is 0 Å². The van der Waals surface area contributed by atoms with E-state index in [9.17, 15) is 19.5 Å². The van der Waals surface area contributed by atoms with Gasteiger partial charge in [-0.05, 0) is 45.4 Å². The first-order valence-corrected chi connectivity index (χ1v) is 12.4. The van der Waals surface area contributed by atoms with Gasteiger partial charge in [0.05, 0.1) is 18.1 Å². The molecule has 6 atom stereocenters. The molecule has 33 heavy (non-hydrogen) atoms. The largest absolute Gasteiger partial charge is 0.466 e. The molecular weight excluding hydrogens is 424 g/mol. The van der Waals surface area contributed by atoms with Crippen molar-refractivity contribution in [1.82, 2.24) is 9.80 Å². The number of esters is 1. The summed E-state index contributed by atoms with van der Waals surface area (Å²) in [6.45, 7) is 13.1. The predicted octanol–water partition coefficient (Wildman–Crippen LogP) is 2.15. The van der Waals surface area contributed by atoms with E-state index in [1.807, 2.05) is 13.8 Å². The molecule has 2 amide bonds. The number of nitrogens with zero attached hydrogens (tertiary/aromatic N) is 2. The molecule has 3 heterocycles. The Morgan fingerprint density at radius 1 is 1.33 bits per heavy atom. The molecule has 0 saturated carbocycles. The van der Waals surface area contributed by atoms with Gasteiger partial charge in [0.15, 0.2) is 0 Å². The van der Waals surface area contributed by atoms with Gasteiger partial charge in [-0.1, -0.05) is 26.3 Å². The number of unbranched alkanes of at least 4 members (excludes halogenated alkanes) is 2. The number of hydrogen-bond donors (Lipinski definition) is 1. The van der Waals surface area contributed by atoms with Crippen molar-refractivity contribution < 1.29 is 29.0 Å². The summed E-state index contributed by atoms with van der Waals surface area (Å²) in [5.41, 5.74) is -1.90. The lowest BCUT2D eigenvalue weighted by Gasteiger charge is -2.37. The van der Waals surface area contributed by atoms with Crippen LogP contribution in [0, 0.1) is 17.8 Å². The van der Waals surface area contributed by atoms with Crippen LogP contribution in [0.5, 0.6) is 0 Å². The second-order valence-corrected chi connectivity index (χ2v) is 9.84. The number of carbonyl (C=O) groups excluding carboxylic acids is 3. The van der Waals surface area contributed by atoms with Gasteiger partial charge in [0.25, 0.3) is 0 Å². The Kier molecular flexibility index (Phi) is 7.89. The smallest absolute Gasteiger partial charge is 0.312 e. The topological polar surface area (TPSA) is 96.4 Å². The van der Waals surface area contributed by atoms with E-state index < -0.39 is 35.0 Å². The molecule has 3 unspecified atom stereocenters. The lowest BCUT2D eigenvalue weighted by Crippen LogP contribution is -2.56. The molecule has 1 spiro atoms. The molecule has 8 heteroatoms. The molecule has 3 saturated heterocycles. The van der Waals surface area contributed by atoms with E-state index >= 15 is 0 Å². The summed E-state index contributed by atoms with van der Waals surface area (Å²) in [5.74, 6) is -2.28. The maximum atomic E-state index is 14.0. The number of ether oxygens (including phenoxy) is 2. The normalized spacial score (nSPS) is 34.5. The van der Waals surface area contributed by atoms with Crippen LogP contribution in [0.15, 0.2) is 12.7 Å². The van der Waals surface area contributed by atoms with Crippen molar-refractivity contribution in [2.75, 3.05) is 32.8 Å². The van der Waals surface area contributed by atoms with Crippen LogP contribution in [-0.2, 0) is 23.9 Å². The van der Waals surface area contributed by atoms with E-state index in [4.69, 9.17) is 9.47 Å². The highest BCUT2D eigenvalue weighted by Gasteiger charge is 2.80. The van der Waals surface area contributed by atoms with Crippen molar-refractivity contribution in [3.05, 3.63) is 12.7 Å². The molecule has 0 aromatic rings. The molecule has 0 aromatic heterocycles. The molecule has 0 aromatic carbocycles. The SMILES string of the molecule is C=CCN(CCCC)C(=O)C1N(CCCCO)C(=O)[C@@H]2[C@@H](C(=O)OCC)[C@]3(C)OC12CC3C. The maximum Gasteiger partial charge on any atom is 0.312 e. The first-order chi connectivity index (χ1) is 15.7. The first-order valence-electron chi connectivity index (χ1n) is 12.4. The average molecular weight is 465 g/mol. The summed E-state index contributed by atoms with van der Waals surface area (Å²) in [7, 11) is 0. The van der Waals surface area contributed by atoms with Gasteiger partial charge in [-0.3, -0.25) is 14.4 Å². The summed E-state index contributed by atoms with van der Waals surface area (Å²) >= 11 is 0. The third-order valence-corrected chi connectivity index (χ3v) is 7.84. The van der Waals surface area contributed by atoms with Gasteiger partial charge in [-0.2, -0.15) is 0 Å².